The van der Waals surface area contributed by atoms with E-state index in [1.165, 1.54) is 6.20 Å². The lowest BCUT2D eigenvalue weighted by Gasteiger charge is -2.09. The predicted molar refractivity (Wildman–Crippen MR) is 79.9 cm³/mol. The van der Waals surface area contributed by atoms with Crippen LogP contribution in [0.15, 0.2) is 30.9 Å². The van der Waals surface area contributed by atoms with Gasteiger partial charge in [0, 0.05) is 12.4 Å². The van der Waals surface area contributed by atoms with Gasteiger partial charge in [0.2, 0.25) is 0 Å². The summed E-state index contributed by atoms with van der Waals surface area (Å²) in [6.45, 7) is 1.78. The van der Waals surface area contributed by atoms with E-state index in [1.54, 1.807) is 36.1 Å². The molecule has 3 heterocycles. The number of rotatable bonds is 2. The first-order valence-electron chi connectivity index (χ1n) is 5.97. The number of anilines is 1. The largest absolute Gasteiger partial charge is 0.319 e. The summed E-state index contributed by atoms with van der Waals surface area (Å²) in [6.07, 6.45) is 6.29. The highest BCUT2D eigenvalue weighted by Gasteiger charge is 2.16. The molecule has 3 aromatic heterocycles. The molecule has 0 aromatic carbocycles. The molecule has 0 bridgehead atoms. The van der Waals surface area contributed by atoms with Gasteiger partial charge in [-0.2, -0.15) is 5.10 Å². The summed E-state index contributed by atoms with van der Waals surface area (Å²) >= 11 is 11.8. The molecule has 0 fully saturated rings. The third kappa shape index (κ3) is 2.55. The van der Waals surface area contributed by atoms with Crippen LogP contribution in [0.1, 0.15) is 15.9 Å². The molecular weight excluding hydrogens is 313 g/mol. The maximum absolute atomic E-state index is 12.4. The van der Waals surface area contributed by atoms with Crippen LogP contribution in [0.5, 0.6) is 0 Å². The first kappa shape index (κ1) is 13.8. The molecule has 3 rings (SSSR count). The zero-order chi connectivity index (χ0) is 15.0. The zero-order valence-electron chi connectivity index (χ0n) is 10.8. The number of hydrogen-bond donors (Lipinski definition) is 1. The molecule has 6 nitrogen and oxygen atoms in total. The average Bonchev–Trinajstić information content (AvgIpc) is 2.86. The average molecular weight is 322 g/mol. The van der Waals surface area contributed by atoms with Gasteiger partial charge < -0.3 is 5.32 Å². The van der Waals surface area contributed by atoms with E-state index in [0.29, 0.717) is 16.8 Å². The highest BCUT2D eigenvalue weighted by molar-refractivity contribution is 6.35. The van der Waals surface area contributed by atoms with E-state index < -0.39 is 0 Å². The Bertz CT molecular complexity index is 822. The van der Waals surface area contributed by atoms with Crippen molar-refractivity contribution in [2.24, 2.45) is 0 Å². The Morgan fingerprint density at radius 3 is 2.90 bits per heavy atom. The van der Waals surface area contributed by atoms with E-state index >= 15 is 0 Å². The second kappa shape index (κ2) is 5.31. The molecule has 0 radical (unpaired) electrons. The van der Waals surface area contributed by atoms with Crippen LogP contribution < -0.4 is 5.32 Å². The molecule has 1 N–H and O–H groups in total. The molecule has 106 valence electrons. The second-order valence-corrected chi connectivity index (χ2v) is 5.09. The minimum absolute atomic E-state index is 0.142. The third-order valence-electron chi connectivity index (χ3n) is 2.95. The molecule has 3 aromatic rings. The number of nitrogens with zero attached hydrogens (tertiary/aromatic N) is 4. The Morgan fingerprint density at radius 1 is 1.33 bits per heavy atom. The minimum atomic E-state index is -0.341. The molecule has 0 aliphatic heterocycles. The number of amides is 1. The van der Waals surface area contributed by atoms with Gasteiger partial charge in [-0.05, 0) is 18.6 Å². The van der Waals surface area contributed by atoms with Crippen molar-refractivity contribution in [1.29, 1.82) is 0 Å². The molecule has 0 aliphatic carbocycles. The lowest BCUT2D eigenvalue weighted by Crippen LogP contribution is -2.13. The van der Waals surface area contributed by atoms with Crippen molar-refractivity contribution in [3.63, 3.8) is 0 Å². The van der Waals surface area contributed by atoms with Gasteiger partial charge in [0.1, 0.15) is 5.15 Å². The van der Waals surface area contributed by atoms with E-state index in [1.807, 2.05) is 0 Å². The van der Waals surface area contributed by atoms with E-state index in [4.69, 9.17) is 23.2 Å². The first-order chi connectivity index (χ1) is 10.1. The number of pyridine rings is 1. The zero-order valence-corrected chi connectivity index (χ0v) is 12.4. The highest BCUT2D eigenvalue weighted by Crippen LogP contribution is 2.27. The molecule has 0 unspecified atom stereocenters. The van der Waals surface area contributed by atoms with Crippen LogP contribution in [-0.4, -0.2) is 25.5 Å². The van der Waals surface area contributed by atoms with Gasteiger partial charge in [-0.3, -0.25) is 9.78 Å². The van der Waals surface area contributed by atoms with Crippen LogP contribution in [-0.2, 0) is 0 Å². The fraction of sp³-hybridized carbons (Fsp3) is 0.0769. The van der Waals surface area contributed by atoms with Crippen molar-refractivity contribution < 1.29 is 4.79 Å². The lowest BCUT2D eigenvalue weighted by molar-refractivity contribution is 0.102. The fourth-order valence-electron chi connectivity index (χ4n) is 1.94. The van der Waals surface area contributed by atoms with Gasteiger partial charge in [-0.1, -0.05) is 23.2 Å². The van der Waals surface area contributed by atoms with Crippen LogP contribution in [0.2, 0.25) is 10.3 Å². The van der Waals surface area contributed by atoms with Gasteiger partial charge in [0.05, 0.1) is 29.2 Å². The van der Waals surface area contributed by atoms with E-state index in [-0.39, 0.29) is 16.2 Å². The quantitative estimate of drug-likeness (QED) is 0.736. The van der Waals surface area contributed by atoms with Gasteiger partial charge in [0.25, 0.3) is 5.91 Å². The number of hydrogen-bond acceptors (Lipinski definition) is 4. The van der Waals surface area contributed by atoms with Gasteiger partial charge in [-0.15, -0.1) is 0 Å². The summed E-state index contributed by atoms with van der Waals surface area (Å²) in [5.74, 6) is -0.341. The summed E-state index contributed by atoms with van der Waals surface area (Å²) in [5.41, 5.74) is 2.15. The number of halogens is 2. The van der Waals surface area contributed by atoms with Crippen LogP contribution >= 0.6 is 23.2 Å². The number of carbonyl (C=O) groups is 1. The van der Waals surface area contributed by atoms with Gasteiger partial charge in [0.15, 0.2) is 5.15 Å². The fourth-order valence-corrected chi connectivity index (χ4v) is 2.51. The molecule has 0 atom stereocenters. The molecule has 0 aliphatic rings. The summed E-state index contributed by atoms with van der Waals surface area (Å²) in [4.78, 5) is 20.3. The van der Waals surface area contributed by atoms with Gasteiger partial charge >= 0.3 is 0 Å². The minimum Gasteiger partial charge on any atom is -0.319 e. The maximum Gasteiger partial charge on any atom is 0.259 e. The molecule has 0 saturated heterocycles. The van der Waals surface area contributed by atoms with Crippen LogP contribution in [0.4, 0.5) is 5.69 Å². The second-order valence-electron chi connectivity index (χ2n) is 4.35. The third-order valence-corrected chi connectivity index (χ3v) is 3.42. The van der Waals surface area contributed by atoms with Crippen LogP contribution in [0, 0.1) is 6.92 Å². The Balaban J connectivity index is 1.97. The van der Waals surface area contributed by atoms with Crippen molar-refractivity contribution in [1.82, 2.24) is 19.6 Å². The first-order valence-corrected chi connectivity index (χ1v) is 6.73. The molecule has 8 heteroatoms. The topological polar surface area (TPSA) is 72.2 Å². The smallest absolute Gasteiger partial charge is 0.259 e. The maximum atomic E-state index is 12.4. The highest BCUT2D eigenvalue weighted by atomic mass is 35.5. The van der Waals surface area contributed by atoms with E-state index in [2.05, 4.69) is 20.4 Å². The number of aryl methyl sites for hydroxylation is 1. The van der Waals surface area contributed by atoms with Crippen molar-refractivity contribution in [2.75, 3.05) is 5.32 Å². The number of aromatic nitrogens is 4. The Labute approximate surface area is 129 Å². The Morgan fingerprint density at radius 2 is 2.14 bits per heavy atom. The summed E-state index contributed by atoms with van der Waals surface area (Å²) in [6, 6.07) is 1.63. The van der Waals surface area contributed by atoms with Crippen molar-refractivity contribution in [3.05, 3.63) is 52.3 Å². The molecule has 21 heavy (non-hydrogen) atoms. The van der Waals surface area contributed by atoms with Gasteiger partial charge in [-0.25, -0.2) is 9.50 Å². The summed E-state index contributed by atoms with van der Waals surface area (Å²) < 4.78 is 1.57. The summed E-state index contributed by atoms with van der Waals surface area (Å²) in [5, 5.41) is 7.23. The SMILES string of the molecule is Cc1cc(Cl)nc(Cl)c1NC(=O)c1cnn2ccncc12. The number of nitrogens with one attached hydrogen (secondary N) is 1. The Hall–Kier alpha value is -2.18. The predicted octanol–water partition coefficient (Wildman–Crippen LogP) is 2.99. The summed E-state index contributed by atoms with van der Waals surface area (Å²) in [7, 11) is 0. The molecule has 0 spiro atoms. The van der Waals surface area contributed by atoms with E-state index in [9.17, 15) is 4.79 Å². The monoisotopic (exact) mass is 321 g/mol. The Kier molecular flexibility index (Phi) is 3.48. The van der Waals surface area contributed by atoms with E-state index in [0.717, 1.165) is 5.56 Å². The lowest BCUT2D eigenvalue weighted by atomic mass is 10.2. The van der Waals surface area contributed by atoms with Crippen LogP contribution in [0.3, 0.4) is 0 Å². The van der Waals surface area contributed by atoms with Crippen molar-refractivity contribution in [2.45, 2.75) is 6.92 Å². The molecule has 1 amide bonds. The number of fused-ring (bicyclic) bond motifs is 1. The standard InChI is InChI=1S/C13H9Cl2N5O/c1-7-4-10(14)18-12(15)11(7)19-13(21)8-5-17-20-3-2-16-6-9(8)20/h2-6H,1H3,(H,19,21). The van der Waals surface area contributed by atoms with Crippen molar-refractivity contribution in [3.8, 4) is 0 Å². The normalized spacial score (nSPS) is 10.8. The number of carbonyl (C=O) groups excluding carboxylic acids is 1. The van der Waals surface area contributed by atoms with Crippen molar-refractivity contribution >= 4 is 40.3 Å². The van der Waals surface area contributed by atoms with Crippen LogP contribution in [0.25, 0.3) is 5.52 Å². The molecule has 0 saturated carbocycles. The molecular formula is C13H9Cl2N5O.